The second-order valence-electron chi connectivity index (χ2n) is 4.88. The molecule has 0 bridgehead atoms. The van der Waals surface area contributed by atoms with Crippen LogP contribution in [0.15, 0.2) is 48.9 Å². The maximum atomic E-state index is 4.48. The van der Waals surface area contributed by atoms with E-state index in [1.54, 1.807) is 12.4 Å². The molecule has 106 valence electrons. The molecule has 1 N–H and O–H groups in total. The standard InChI is InChI=1S/C16H17N5/c1-12-10-17-13(2)16(20-12)18-11-14-6-3-4-7-15(14)21-9-5-8-19-21/h3-10H,11H2,1-2H3,(H,18,20). The number of rotatable bonds is 4. The van der Waals surface area contributed by atoms with Gasteiger partial charge in [-0.3, -0.25) is 4.98 Å². The van der Waals surface area contributed by atoms with Gasteiger partial charge in [0.05, 0.1) is 17.1 Å². The van der Waals surface area contributed by atoms with E-state index in [9.17, 15) is 0 Å². The topological polar surface area (TPSA) is 55.6 Å². The van der Waals surface area contributed by atoms with Gasteiger partial charge in [0.25, 0.3) is 0 Å². The van der Waals surface area contributed by atoms with Crippen molar-refractivity contribution in [2.75, 3.05) is 5.32 Å². The van der Waals surface area contributed by atoms with E-state index in [2.05, 4.69) is 32.5 Å². The summed E-state index contributed by atoms with van der Waals surface area (Å²) >= 11 is 0. The van der Waals surface area contributed by atoms with E-state index in [4.69, 9.17) is 0 Å². The monoisotopic (exact) mass is 279 g/mol. The fourth-order valence-electron chi connectivity index (χ4n) is 2.18. The maximum Gasteiger partial charge on any atom is 0.148 e. The molecule has 2 aromatic heterocycles. The van der Waals surface area contributed by atoms with Crippen LogP contribution >= 0.6 is 0 Å². The first-order chi connectivity index (χ1) is 10.2. The average molecular weight is 279 g/mol. The molecule has 5 heteroatoms. The Morgan fingerprint density at radius 3 is 2.81 bits per heavy atom. The Hall–Kier alpha value is -2.69. The molecule has 0 amide bonds. The number of hydrogen-bond acceptors (Lipinski definition) is 4. The molecular formula is C16H17N5. The van der Waals surface area contributed by atoms with Gasteiger partial charge in [0.2, 0.25) is 0 Å². The minimum atomic E-state index is 0.676. The van der Waals surface area contributed by atoms with Gasteiger partial charge in [0, 0.05) is 25.1 Å². The first-order valence-corrected chi connectivity index (χ1v) is 6.86. The van der Waals surface area contributed by atoms with E-state index in [1.165, 1.54) is 0 Å². The molecule has 0 aliphatic rings. The Kier molecular flexibility index (Phi) is 3.64. The number of para-hydroxylation sites is 1. The number of benzene rings is 1. The molecule has 0 radical (unpaired) electrons. The van der Waals surface area contributed by atoms with Crippen molar-refractivity contribution in [3.05, 3.63) is 65.9 Å². The zero-order valence-corrected chi connectivity index (χ0v) is 12.1. The van der Waals surface area contributed by atoms with Gasteiger partial charge in [-0.1, -0.05) is 18.2 Å². The van der Waals surface area contributed by atoms with Crippen molar-refractivity contribution in [3.63, 3.8) is 0 Å². The molecular weight excluding hydrogens is 262 g/mol. The molecule has 0 unspecified atom stereocenters. The van der Waals surface area contributed by atoms with Crippen LogP contribution in [0.4, 0.5) is 5.82 Å². The maximum absolute atomic E-state index is 4.48. The number of nitrogens with zero attached hydrogens (tertiary/aromatic N) is 4. The normalized spacial score (nSPS) is 10.6. The third-order valence-electron chi connectivity index (χ3n) is 3.27. The van der Waals surface area contributed by atoms with Gasteiger partial charge >= 0.3 is 0 Å². The molecule has 0 aliphatic carbocycles. The summed E-state index contributed by atoms with van der Waals surface area (Å²) < 4.78 is 1.87. The lowest BCUT2D eigenvalue weighted by Gasteiger charge is -2.12. The Morgan fingerprint density at radius 2 is 2.00 bits per heavy atom. The van der Waals surface area contributed by atoms with Crippen molar-refractivity contribution in [2.24, 2.45) is 0 Å². The summed E-state index contributed by atoms with van der Waals surface area (Å²) in [4.78, 5) is 8.80. The van der Waals surface area contributed by atoms with Crippen molar-refractivity contribution in [1.82, 2.24) is 19.7 Å². The zero-order valence-electron chi connectivity index (χ0n) is 12.1. The highest BCUT2D eigenvalue weighted by Crippen LogP contribution is 2.16. The Morgan fingerprint density at radius 1 is 1.14 bits per heavy atom. The van der Waals surface area contributed by atoms with Crippen LogP contribution in [0.1, 0.15) is 17.0 Å². The summed E-state index contributed by atoms with van der Waals surface area (Å²) in [6.07, 6.45) is 5.50. The van der Waals surface area contributed by atoms with Crippen molar-refractivity contribution >= 4 is 5.82 Å². The van der Waals surface area contributed by atoms with E-state index in [0.29, 0.717) is 6.54 Å². The first-order valence-electron chi connectivity index (χ1n) is 6.86. The lowest BCUT2D eigenvalue weighted by molar-refractivity contribution is 0.862. The summed E-state index contributed by atoms with van der Waals surface area (Å²) in [5.74, 6) is 0.824. The van der Waals surface area contributed by atoms with Crippen LogP contribution in [0, 0.1) is 13.8 Å². The largest absolute Gasteiger partial charge is 0.364 e. The van der Waals surface area contributed by atoms with Crippen LogP contribution in [0.5, 0.6) is 0 Å². The number of nitrogens with one attached hydrogen (secondary N) is 1. The minimum absolute atomic E-state index is 0.676. The van der Waals surface area contributed by atoms with E-state index >= 15 is 0 Å². The van der Waals surface area contributed by atoms with Gasteiger partial charge in [-0.25, -0.2) is 9.67 Å². The molecule has 21 heavy (non-hydrogen) atoms. The third-order valence-corrected chi connectivity index (χ3v) is 3.27. The van der Waals surface area contributed by atoms with Gasteiger partial charge in [-0.05, 0) is 31.5 Å². The van der Waals surface area contributed by atoms with Crippen LogP contribution < -0.4 is 5.32 Å². The predicted molar refractivity (Wildman–Crippen MR) is 82.4 cm³/mol. The molecule has 2 heterocycles. The summed E-state index contributed by atoms with van der Waals surface area (Å²) in [5.41, 5.74) is 4.03. The van der Waals surface area contributed by atoms with E-state index in [0.717, 1.165) is 28.5 Å². The average Bonchev–Trinajstić information content (AvgIpc) is 3.03. The van der Waals surface area contributed by atoms with Crippen LogP contribution in [0.25, 0.3) is 5.69 Å². The summed E-state index contributed by atoms with van der Waals surface area (Å²) in [5, 5.41) is 7.65. The van der Waals surface area contributed by atoms with E-state index in [-0.39, 0.29) is 0 Å². The highest BCUT2D eigenvalue weighted by molar-refractivity contribution is 5.45. The van der Waals surface area contributed by atoms with Gasteiger partial charge in [-0.15, -0.1) is 0 Å². The summed E-state index contributed by atoms with van der Waals surface area (Å²) in [6, 6.07) is 10.1. The molecule has 0 saturated carbocycles. The van der Waals surface area contributed by atoms with E-state index < -0.39 is 0 Å². The zero-order chi connectivity index (χ0) is 14.7. The highest BCUT2D eigenvalue weighted by atomic mass is 15.3. The fourth-order valence-corrected chi connectivity index (χ4v) is 2.18. The molecule has 0 atom stereocenters. The highest BCUT2D eigenvalue weighted by Gasteiger charge is 2.06. The molecule has 0 spiro atoms. The van der Waals surface area contributed by atoms with Gasteiger partial charge in [0.15, 0.2) is 0 Å². The van der Waals surface area contributed by atoms with Gasteiger partial charge < -0.3 is 5.32 Å². The molecule has 3 aromatic rings. The van der Waals surface area contributed by atoms with Crippen molar-refractivity contribution in [3.8, 4) is 5.69 Å². The molecule has 5 nitrogen and oxygen atoms in total. The number of aryl methyl sites for hydroxylation is 2. The Balaban J connectivity index is 1.84. The molecule has 0 fully saturated rings. The summed E-state index contributed by atoms with van der Waals surface area (Å²) in [6.45, 7) is 4.57. The number of anilines is 1. The van der Waals surface area contributed by atoms with Crippen LogP contribution in [-0.2, 0) is 6.54 Å². The number of hydrogen-bond donors (Lipinski definition) is 1. The molecule has 3 rings (SSSR count). The Labute approximate surface area is 123 Å². The third kappa shape index (κ3) is 2.91. The molecule has 0 saturated heterocycles. The lowest BCUT2D eigenvalue weighted by atomic mass is 10.2. The first kappa shape index (κ1) is 13.3. The smallest absolute Gasteiger partial charge is 0.148 e. The predicted octanol–water partition coefficient (Wildman–Crippen LogP) is 2.89. The van der Waals surface area contributed by atoms with Crippen LogP contribution in [-0.4, -0.2) is 19.7 Å². The fraction of sp³-hybridized carbons (Fsp3) is 0.188. The second kappa shape index (κ2) is 5.75. The quantitative estimate of drug-likeness (QED) is 0.798. The molecule has 1 aromatic carbocycles. The van der Waals surface area contributed by atoms with Crippen LogP contribution in [0.2, 0.25) is 0 Å². The van der Waals surface area contributed by atoms with Gasteiger partial charge in [-0.2, -0.15) is 5.10 Å². The van der Waals surface area contributed by atoms with Crippen molar-refractivity contribution in [2.45, 2.75) is 20.4 Å². The van der Waals surface area contributed by atoms with Crippen molar-refractivity contribution < 1.29 is 0 Å². The molecule has 0 aliphatic heterocycles. The lowest BCUT2D eigenvalue weighted by Crippen LogP contribution is -2.08. The van der Waals surface area contributed by atoms with Gasteiger partial charge in [0.1, 0.15) is 5.82 Å². The second-order valence-corrected chi connectivity index (χ2v) is 4.88. The van der Waals surface area contributed by atoms with E-state index in [1.807, 2.05) is 42.9 Å². The van der Waals surface area contributed by atoms with Crippen molar-refractivity contribution in [1.29, 1.82) is 0 Å². The SMILES string of the molecule is Cc1cnc(C)c(NCc2ccccc2-n2cccn2)n1. The number of aromatic nitrogens is 4. The Bertz CT molecular complexity index is 734. The summed E-state index contributed by atoms with van der Waals surface area (Å²) in [7, 11) is 0. The van der Waals surface area contributed by atoms with Crippen LogP contribution in [0.3, 0.4) is 0 Å². The minimum Gasteiger partial charge on any atom is -0.364 e.